The summed E-state index contributed by atoms with van der Waals surface area (Å²) in [6.45, 7) is 3.88. The summed E-state index contributed by atoms with van der Waals surface area (Å²) in [6.07, 6.45) is 5.23. The van der Waals surface area contributed by atoms with Gasteiger partial charge in [0.15, 0.2) is 0 Å². The Morgan fingerprint density at radius 3 is 2.52 bits per heavy atom. The molecular formula is C25H28N4O4. The van der Waals surface area contributed by atoms with Crippen LogP contribution in [0.4, 0.5) is 11.4 Å². The van der Waals surface area contributed by atoms with Gasteiger partial charge in [0.25, 0.3) is 11.8 Å². The van der Waals surface area contributed by atoms with Gasteiger partial charge in [-0.05, 0) is 56.7 Å². The van der Waals surface area contributed by atoms with Gasteiger partial charge >= 0.3 is 0 Å². The molecule has 33 heavy (non-hydrogen) atoms. The topological polar surface area (TPSA) is 130 Å². The lowest BCUT2D eigenvalue weighted by molar-refractivity contribution is 0.0739. The van der Waals surface area contributed by atoms with Crippen molar-refractivity contribution < 1.29 is 19.1 Å². The summed E-state index contributed by atoms with van der Waals surface area (Å²) < 4.78 is 5.20. The highest BCUT2D eigenvalue weighted by atomic mass is 16.3. The van der Waals surface area contributed by atoms with Crippen molar-refractivity contribution in [3.8, 4) is 11.1 Å². The van der Waals surface area contributed by atoms with Crippen LogP contribution in [0.3, 0.4) is 0 Å². The molecule has 0 aliphatic heterocycles. The number of aliphatic imine (C=N–C) groups is 1. The van der Waals surface area contributed by atoms with E-state index in [1.807, 2.05) is 0 Å². The minimum absolute atomic E-state index is 0.277. The lowest BCUT2D eigenvalue weighted by Gasteiger charge is -2.15. The molecule has 0 spiro atoms. The number of nitrogens with zero attached hydrogens (tertiary/aromatic N) is 1. The van der Waals surface area contributed by atoms with Crippen molar-refractivity contribution in [2.45, 2.75) is 25.9 Å². The second kappa shape index (κ2) is 10.1. The summed E-state index contributed by atoms with van der Waals surface area (Å²) in [5.41, 5.74) is 9.23. The molecule has 3 aromatic rings. The second-order valence-corrected chi connectivity index (χ2v) is 8.25. The maximum absolute atomic E-state index is 13.0. The van der Waals surface area contributed by atoms with Crippen molar-refractivity contribution in [2.24, 2.45) is 4.99 Å². The van der Waals surface area contributed by atoms with Crippen molar-refractivity contribution in [2.75, 3.05) is 24.6 Å². The predicted octanol–water partition coefficient (Wildman–Crippen LogP) is 3.72. The van der Waals surface area contributed by atoms with Crippen LogP contribution in [0.25, 0.3) is 11.1 Å². The molecule has 8 nitrogen and oxygen atoms in total. The summed E-state index contributed by atoms with van der Waals surface area (Å²) in [7, 11) is 1.53. The van der Waals surface area contributed by atoms with Crippen LogP contribution in [0.5, 0.6) is 0 Å². The maximum atomic E-state index is 13.0. The minimum Gasteiger partial charge on any atom is -0.472 e. The highest BCUT2D eigenvalue weighted by Gasteiger charge is 2.16. The van der Waals surface area contributed by atoms with Crippen molar-refractivity contribution >= 4 is 29.4 Å². The molecule has 1 aromatic heterocycles. The van der Waals surface area contributed by atoms with Crippen molar-refractivity contribution in [1.29, 1.82) is 0 Å². The molecule has 8 heteroatoms. The number of nitrogens with two attached hydrogens (primary N) is 1. The number of carbonyl (C=O) groups excluding carboxylic acids is 2. The number of rotatable bonds is 8. The standard InChI is InChI=1S/C25H28N4O4/c1-25(2,32)8-9-28-14-19-12-22(20(13-21(19)26)18-7-10-33-15-18)29-24(31)17-6-4-5-16(11-17)23(30)27-3/h4-7,10-15,32H,8-9,26H2,1-3H3,(H,27,30)(H,29,31). The van der Waals surface area contributed by atoms with Crippen LogP contribution in [0.2, 0.25) is 0 Å². The van der Waals surface area contributed by atoms with Crippen LogP contribution >= 0.6 is 0 Å². The van der Waals surface area contributed by atoms with E-state index < -0.39 is 5.60 Å². The van der Waals surface area contributed by atoms with Gasteiger partial charge in [-0.25, -0.2) is 0 Å². The predicted molar refractivity (Wildman–Crippen MR) is 130 cm³/mol. The Bertz CT molecular complexity index is 1160. The van der Waals surface area contributed by atoms with Crippen LogP contribution in [0.15, 0.2) is 64.4 Å². The van der Waals surface area contributed by atoms with Crippen LogP contribution in [-0.4, -0.2) is 42.3 Å². The van der Waals surface area contributed by atoms with Gasteiger partial charge in [0.05, 0.1) is 18.1 Å². The Morgan fingerprint density at radius 2 is 1.88 bits per heavy atom. The van der Waals surface area contributed by atoms with E-state index in [-0.39, 0.29) is 11.8 Å². The molecular weight excluding hydrogens is 420 g/mol. The Balaban J connectivity index is 1.92. The second-order valence-electron chi connectivity index (χ2n) is 8.25. The van der Waals surface area contributed by atoms with E-state index in [0.29, 0.717) is 46.6 Å². The quantitative estimate of drug-likeness (QED) is 0.308. The van der Waals surface area contributed by atoms with Crippen LogP contribution in [0, 0.1) is 0 Å². The number of furan rings is 1. The van der Waals surface area contributed by atoms with E-state index in [9.17, 15) is 14.7 Å². The highest BCUT2D eigenvalue weighted by molar-refractivity contribution is 6.08. The van der Waals surface area contributed by atoms with Crippen molar-refractivity contribution in [3.63, 3.8) is 0 Å². The third kappa shape index (κ3) is 6.30. The summed E-state index contributed by atoms with van der Waals surface area (Å²) in [4.78, 5) is 29.3. The SMILES string of the molecule is CNC(=O)c1cccc(C(=O)Nc2cc(C=NCCC(C)(C)O)c(N)cc2-c2ccoc2)c1. The Kier molecular flexibility index (Phi) is 7.30. The third-order valence-electron chi connectivity index (χ3n) is 5.00. The van der Waals surface area contributed by atoms with Crippen LogP contribution < -0.4 is 16.4 Å². The number of anilines is 2. The zero-order valence-electron chi connectivity index (χ0n) is 18.9. The Labute approximate surface area is 192 Å². The van der Waals surface area contributed by atoms with Gasteiger partial charge in [-0.15, -0.1) is 0 Å². The lowest BCUT2D eigenvalue weighted by Crippen LogP contribution is -2.19. The highest BCUT2D eigenvalue weighted by Crippen LogP contribution is 2.33. The average Bonchev–Trinajstić information content (AvgIpc) is 3.32. The van der Waals surface area contributed by atoms with Gasteiger partial charge in [0.1, 0.15) is 0 Å². The van der Waals surface area contributed by atoms with Crippen LogP contribution in [-0.2, 0) is 0 Å². The number of hydrogen-bond acceptors (Lipinski definition) is 6. The summed E-state index contributed by atoms with van der Waals surface area (Å²) in [5.74, 6) is -0.652. The normalized spacial score (nSPS) is 11.5. The molecule has 2 amide bonds. The zero-order chi connectivity index (χ0) is 24.0. The number of benzene rings is 2. The Morgan fingerprint density at radius 1 is 1.15 bits per heavy atom. The minimum atomic E-state index is -0.809. The molecule has 0 aliphatic rings. The van der Waals surface area contributed by atoms with E-state index in [0.717, 1.165) is 5.56 Å². The molecule has 3 rings (SSSR count). The maximum Gasteiger partial charge on any atom is 0.255 e. The van der Waals surface area contributed by atoms with E-state index in [1.165, 1.54) is 19.4 Å². The van der Waals surface area contributed by atoms with Gasteiger partial charge in [-0.1, -0.05) is 6.07 Å². The van der Waals surface area contributed by atoms with Gasteiger partial charge < -0.3 is 25.9 Å². The summed E-state index contributed by atoms with van der Waals surface area (Å²) in [6, 6.07) is 11.7. The first-order valence-electron chi connectivity index (χ1n) is 10.5. The molecule has 0 fully saturated rings. The van der Waals surface area contributed by atoms with E-state index in [2.05, 4.69) is 15.6 Å². The largest absolute Gasteiger partial charge is 0.472 e. The first kappa shape index (κ1) is 23.7. The Hall–Kier alpha value is -3.91. The van der Waals surface area contributed by atoms with E-state index in [1.54, 1.807) is 62.7 Å². The molecule has 0 saturated carbocycles. The molecule has 0 unspecified atom stereocenters. The summed E-state index contributed by atoms with van der Waals surface area (Å²) in [5, 5.41) is 15.3. The average molecular weight is 449 g/mol. The first-order valence-corrected chi connectivity index (χ1v) is 10.5. The number of hydrogen-bond donors (Lipinski definition) is 4. The molecule has 0 saturated heterocycles. The number of carbonyl (C=O) groups is 2. The van der Waals surface area contributed by atoms with Crippen LogP contribution in [0.1, 0.15) is 46.5 Å². The molecule has 0 bridgehead atoms. The molecule has 5 N–H and O–H groups in total. The van der Waals surface area contributed by atoms with Gasteiger partial charge in [-0.3, -0.25) is 14.6 Å². The lowest BCUT2D eigenvalue weighted by atomic mass is 10.0. The smallest absolute Gasteiger partial charge is 0.255 e. The molecule has 1 heterocycles. The molecule has 2 aromatic carbocycles. The van der Waals surface area contributed by atoms with Gasteiger partial charge in [0.2, 0.25) is 0 Å². The van der Waals surface area contributed by atoms with E-state index in [4.69, 9.17) is 10.2 Å². The monoisotopic (exact) mass is 448 g/mol. The summed E-state index contributed by atoms with van der Waals surface area (Å²) >= 11 is 0. The molecule has 172 valence electrons. The number of aliphatic hydroxyl groups is 1. The molecule has 0 atom stereocenters. The fourth-order valence-corrected chi connectivity index (χ4v) is 3.15. The number of nitrogens with one attached hydrogen (secondary N) is 2. The van der Waals surface area contributed by atoms with Crippen molar-refractivity contribution in [1.82, 2.24) is 5.32 Å². The van der Waals surface area contributed by atoms with Gasteiger partial charge in [0, 0.05) is 59.0 Å². The fourth-order valence-electron chi connectivity index (χ4n) is 3.15. The fraction of sp³-hybridized carbons (Fsp3) is 0.240. The van der Waals surface area contributed by atoms with Gasteiger partial charge in [-0.2, -0.15) is 0 Å². The first-order chi connectivity index (χ1) is 15.7. The molecule has 0 radical (unpaired) electrons. The zero-order valence-corrected chi connectivity index (χ0v) is 18.9. The van der Waals surface area contributed by atoms with Crippen molar-refractivity contribution in [3.05, 3.63) is 71.7 Å². The molecule has 0 aliphatic carbocycles. The number of nitrogen functional groups attached to an aromatic ring is 1. The number of amides is 2. The third-order valence-corrected chi connectivity index (χ3v) is 5.00. The van der Waals surface area contributed by atoms with E-state index >= 15 is 0 Å².